The molecule has 6 heteroatoms. The molecule has 1 aliphatic heterocycles. The van der Waals surface area contributed by atoms with Gasteiger partial charge in [0.2, 0.25) is 0 Å². The molecule has 0 radical (unpaired) electrons. The number of nitrogens with zero attached hydrogens (tertiary/aromatic N) is 4. The van der Waals surface area contributed by atoms with Gasteiger partial charge in [-0.25, -0.2) is 0 Å². The molecule has 2 heterocycles. The Morgan fingerprint density at radius 3 is 2.28 bits per heavy atom. The number of anilines is 1. The zero-order chi connectivity index (χ0) is 17.2. The Morgan fingerprint density at radius 2 is 1.72 bits per heavy atom. The third-order valence-corrected chi connectivity index (χ3v) is 5.64. The maximum atomic E-state index is 12.6. The molecule has 2 aliphatic rings. The number of piperazine rings is 1. The molecule has 4 rings (SSSR count). The Balaban J connectivity index is 1.36. The van der Waals surface area contributed by atoms with Crippen molar-refractivity contribution in [3.63, 3.8) is 0 Å². The summed E-state index contributed by atoms with van der Waals surface area (Å²) in [6.07, 6.45) is 4.52. The van der Waals surface area contributed by atoms with Gasteiger partial charge in [0.05, 0.1) is 5.69 Å². The topological polar surface area (TPSA) is 49.3 Å². The van der Waals surface area contributed by atoms with Crippen LogP contribution in [0, 0.1) is 0 Å². The van der Waals surface area contributed by atoms with E-state index < -0.39 is 0 Å². The van der Waals surface area contributed by atoms with E-state index in [1.807, 2.05) is 35.4 Å². The number of thioether (sulfide) groups is 1. The molecular weight excluding hydrogens is 332 g/mol. The van der Waals surface area contributed by atoms with Crippen molar-refractivity contribution in [2.75, 3.05) is 37.3 Å². The number of aromatic nitrogens is 2. The molecule has 2 fully saturated rings. The van der Waals surface area contributed by atoms with E-state index in [4.69, 9.17) is 0 Å². The van der Waals surface area contributed by atoms with Crippen LogP contribution in [-0.2, 0) is 0 Å². The highest BCUT2D eigenvalue weighted by molar-refractivity contribution is 7.98. The summed E-state index contributed by atoms with van der Waals surface area (Å²) in [7, 11) is 0. The Kier molecular flexibility index (Phi) is 4.61. The first-order valence-electron chi connectivity index (χ1n) is 8.76. The molecule has 5 nitrogen and oxygen atoms in total. The van der Waals surface area contributed by atoms with Gasteiger partial charge in [0.15, 0.2) is 5.82 Å². The van der Waals surface area contributed by atoms with E-state index in [9.17, 15) is 4.79 Å². The van der Waals surface area contributed by atoms with Crippen LogP contribution in [0.2, 0.25) is 0 Å². The summed E-state index contributed by atoms with van der Waals surface area (Å²) in [6.45, 7) is 3.03. The highest BCUT2D eigenvalue weighted by Gasteiger charge is 2.26. The van der Waals surface area contributed by atoms with E-state index in [1.54, 1.807) is 11.8 Å². The lowest BCUT2D eigenvalue weighted by Crippen LogP contribution is -2.49. The third-order valence-electron chi connectivity index (χ3n) is 4.89. The van der Waals surface area contributed by atoms with Crippen LogP contribution in [0.5, 0.6) is 0 Å². The van der Waals surface area contributed by atoms with Crippen molar-refractivity contribution in [2.24, 2.45) is 0 Å². The predicted molar refractivity (Wildman–Crippen MR) is 100 cm³/mol. The van der Waals surface area contributed by atoms with Crippen LogP contribution >= 0.6 is 11.8 Å². The molecule has 0 atom stereocenters. The minimum atomic E-state index is 0.113. The quantitative estimate of drug-likeness (QED) is 0.790. The van der Waals surface area contributed by atoms with Crippen molar-refractivity contribution < 1.29 is 4.79 Å². The lowest BCUT2D eigenvalue weighted by atomic mass is 10.2. The van der Waals surface area contributed by atoms with Crippen molar-refractivity contribution in [3.05, 3.63) is 47.7 Å². The average molecular weight is 354 g/mol. The minimum Gasteiger partial charge on any atom is -0.352 e. The van der Waals surface area contributed by atoms with Crippen LogP contribution in [0.1, 0.15) is 34.8 Å². The summed E-state index contributed by atoms with van der Waals surface area (Å²) in [4.78, 5) is 18.0. The summed E-state index contributed by atoms with van der Waals surface area (Å²) in [6, 6.07) is 12.0. The first-order valence-corrected chi connectivity index (χ1v) is 9.99. The fraction of sp³-hybridized carbons (Fsp3) is 0.421. The van der Waals surface area contributed by atoms with Gasteiger partial charge in [-0.15, -0.1) is 16.9 Å². The molecule has 1 saturated heterocycles. The molecule has 25 heavy (non-hydrogen) atoms. The minimum absolute atomic E-state index is 0.113. The molecule has 2 aromatic rings. The van der Waals surface area contributed by atoms with Gasteiger partial charge in [0.25, 0.3) is 5.91 Å². The molecule has 0 N–H and O–H groups in total. The van der Waals surface area contributed by atoms with Gasteiger partial charge in [-0.3, -0.25) is 4.79 Å². The van der Waals surface area contributed by atoms with Crippen LogP contribution in [-0.4, -0.2) is 53.4 Å². The van der Waals surface area contributed by atoms with Crippen molar-refractivity contribution in [1.29, 1.82) is 0 Å². The SMILES string of the molecule is CSc1ccc(C(=O)N2CCN(c3ccc(C4CC4)nn3)CC2)cc1. The molecule has 0 spiro atoms. The van der Waals surface area contributed by atoms with E-state index in [0.717, 1.165) is 43.3 Å². The summed E-state index contributed by atoms with van der Waals surface area (Å²) in [5.74, 6) is 1.66. The van der Waals surface area contributed by atoms with E-state index in [0.29, 0.717) is 5.92 Å². The molecule has 0 unspecified atom stereocenters. The molecule has 1 amide bonds. The number of hydrogen-bond donors (Lipinski definition) is 0. The maximum Gasteiger partial charge on any atom is 0.253 e. The molecular formula is C19H22N4OS. The van der Waals surface area contributed by atoms with Gasteiger partial charge in [-0.05, 0) is 55.5 Å². The van der Waals surface area contributed by atoms with E-state index in [2.05, 4.69) is 27.2 Å². The monoisotopic (exact) mass is 354 g/mol. The highest BCUT2D eigenvalue weighted by atomic mass is 32.2. The number of benzene rings is 1. The normalized spacial score (nSPS) is 17.6. The maximum absolute atomic E-state index is 12.6. The standard InChI is InChI=1S/C19H22N4OS/c1-25-16-6-4-15(5-7-16)19(24)23-12-10-22(11-13-23)18-9-8-17(20-21-18)14-2-3-14/h4-9,14H,2-3,10-13H2,1H3. The molecule has 0 bridgehead atoms. The van der Waals surface area contributed by atoms with Crippen LogP contribution in [0.15, 0.2) is 41.3 Å². The number of amides is 1. The Bertz CT molecular complexity index is 735. The second kappa shape index (κ2) is 7.04. The summed E-state index contributed by atoms with van der Waals surface area (Å²) in [5, 5.41) is 8.74. The number of rotatable bonds is 4. The lowest BCUT2D eigenvalue weighted by Gasteiger charge is -2.35. The summed E-state index contributed by atoms with van der Waals surface area (Å²) < 4.78 is 0. The van der Waals surface area contributed by atoms with Gasteiger partial charge in [0.1, 0.15) is 0 Å². The van der Waals surface area contributed by atoms with Gasteiger partial charge >= 0.3 is 0 Å². The van der Waals surface area contributed by atoms with Crippen LogP contribution in [0.25, 0.3) is 0 Å². The number of carbonyl (C=O) groups is 1. The predicted octanol–water partition coefficient (Wildman–Crippen LogP) is 3.04. The summed E-state index contributed by atoms with van der Waals surface area (Å²) >= 11 is 1.68. The zero-order valence-corrected chi connectivity index (χ0v) is 15.2. The first kappa shape index (κ1) is 16.4. The first-order chi connectivity index (χ1) is 12.2. The Hall–Kier alpha value is -2.08. The van der Waals surface area contributed by atoms with Crippen molar-refractivity contribution in [2.45, 2.75) is 23.7 Å². The molecule has 1 saturated carbocycles. The second-order valence-electron chi connectivity index (χ2n) is 6.60. The third kappa shape index (κ3) is 3.63. The van der Waals surface area contributed by atoms with Crippen LogP contribution in [0.4, 0.5) is 5.82 Å². The Labute approximate surface area is 152 Å². The van der Waals surface area contributed by atoms with Gasteiger partial charge in [-0.2, -0.15) is 5.10 Å². The van der Waals surface area contributed by atoms with Crippen LogP contribution < -0.4 is 4.90 Å². The van der Waals surface area contributed by atoms with E-state index in [1.165, 1.54) is 17.7 Å². The molecule has 1 aliphatic carbocycles. The lowest BCUT2D eigenvalue weighted by molar-refractivity contribution is 0.0746. The number of hydrogen-bond acceptors (Lipinski definition) is 5. The van der Waals surface area contributed by atoms with Crippen molar-refractivity contribution >= 4 is 23.5 Å². The highest BCUT2D eigenvalue weighted by Crippen LogP contribution is 2.38. The van der Waals surface area contributed by atoms with E-state index in [-0.39, 0.29) is 5.91 Å². The van der Waals surface area contributed by atoms with Crippen molar-refractivity contribution in [3.8, 4) is 0 Å². The fourth-order valence-corrected chi connectivity index (χ4v) is 3.56. The van der Waals surface area contributed by atoms with Crippen molar-refractivity contribution in [1.82, 2.24) is 15.1 Å². The van der Waals surface area contributed by atoms with Crippen LogP contribution in [0.3, 0.4) is 0 Å². The second-order valence-corrected chi connectivity index (χ2v) is 7.48. The summed E-state index contributed by atoms with van der Waals surface area (Å²) in [5.41, 5.74) is 1.88. The molecule has 130 valence electrons. The largest absolute Gasteiger partial charge is 0.352 e. The van der Waals surface area contributed by atoms with Gasteiger partial charge < -0.3 is 9.80 Å². The molecule has 1 aromatic heterocycles. The Morgan fingerprint density at radius 1 is 1.00 bits per heavy atom. The van der Waals surface area contributed by atoms with Gasteiger partial charge in [-0.1, -0.05) is 0 Å². The number of carbonyl (C=O) groups excluding carboxylic acids is 1. The zero-order valence-electron chi connectivity index (χ0n) is 14.4. The smallest absolute Gasteiger partial charge is 0.253 e. The van der Waals surface area contributed by atoms with E-state index >= 15 is 0 Å². The average Bonchev–Trinajstić information content (AvgIpc) is 3.53. The fourth-order valence-electron chi connectivity index (χ4n) is 3.16. The molecule has 1 aromatic carbocycles. The van der Waals surface area contributed by atoms with Gasteiger partial charge in [0, 0.05) is 42.6 Å².